The average Bonchev–Trinajstić information content (AvgIpc) is 2.77. The highest BCUT2D eigenvalue weighted by molar-refractivity contribution is 5.84. The van der Waals surface area contributed by atoms with Gasteiger partial charge in [-0.1, -0.05) is 20.8 Å². The van der Waals surface area contributed by atoms with Crippen molar-refractivity contribution in [2.24, 2.45) is 17.1 Å². The van der Waals surface area contributed by atoms with E-state index in [-0.39, 0.29) is 23.8 Å². The Bertz CT molecular complexity index is 331. The minimum absolute atomic E-state index is 0.00456. The molecule has 0 aliphatic carbocycles. The predicted octanol–water partition coefficient (Wildman–Crippen LogP) is 0.736. The first kappa shape index (κ1) is 16.0. The van der Waals surface area contributed by atoms with E-state index < -0.39 is 0 Å². The van der Waals surface area contributed by atoms with Crippen LogP contribution in [0.5, 0.6) is 0 Å². The Morgan fingerprint density at radius 3 is 2.63 bits per heavy atom. The number of carbonyl (C=O) groups is 2. The van der Waals surface area contributed by atoms with Crippen molar-refractivity contribution >= 4 is 11.8 Å². The van der Waals surface area contributed by atoms with Gasteiger partial charge in [-0.15, -0.1) is 0 Å². The summed E-state index contributed by atoms with van der Waals surface area (Å²) in [7, 11) is 0. The molecule has 2 amide bonds. The molecule has 1 rings (SSSR count). The lowest BCUT2D eigenvalue weighted by atomic mass is 9.90. The van der Waals surface area contributed by atoms with E-state index in [0.717, 1.165) is 19.4 Å². The van der Waals surface area contributed by atoms with Gasteiger partial charge >= 0.3 is 0 Å². The van der Waals surface area contributed by atoms with Crippen LogP contribution in [-0.4, -0.2) is 42.9 Å². The van der Waals surface area contributed by atoms with Gasteiger partial charge in [0.15, 0.2) is 0 Å². The number of amides is 2. The second-order valence-corrected chi connectivity index (χ2v) is 6.29. The largest absolute Gasteiger partial charge is 0.347 e. The lowest BCUT2D eigenvalue weighted by Gasteiger charge is -2.22. The normalized spacial score (nSPS) is 22.9. The molecule has 0 spiro atoms. The van der Waals surface area contributed by atoms with Gasteiger partial charge in [0.2, 0.25) is 11.8 Å². The molecule has 1 aliphatic rings. The monoisotopic (exact) mass is 269 g/mol. The minimum atomic E-state index is -0.0390. The van der Waals surface area contributed by atoms with Crippen LogP contribution in [0.2, 0.25) is 0 Å². The van der Waals surface area contributed by atoms with Gasteiger partial charge in [-0.25, -0.2) is 0 Å². The summed E-state index contributed by atoms with van der Waals surface area (Å²) in [6.07, 6.45) is 2.29. The van der Waals surface area contributed by atoms with Gasteiger partial charge in [-0.05, 0) is 30.7 Å². The molecule has 0 aromatic rings. The fraction of sp³-hybridized carbons (Fsp3) is 0.857. The molecule has 1 heterocycles. The molecule has 0 aromatic heterocycles. The second kappa shape index (κ2) is 6.89. The molecule has 1 fully saturated rings. The molecular formula is C14H27N3O2. The number of likely N-dealkylation sites (tertiary alicyclic amines) is 1. The van der Waals surface area contributed by atoms with Crippen molar-refractivity contribution in [1.29, 1.82) is 0 Å². The van der Waals surface area contributed by atoms with E-state index in [1.54, 1.807) is 4.90 Å². The number of nitrogens with two attached hydrogens (primary N) is 1. The first-order chi connectivity index (χ1) is 8.86. The number of carbonyl (C=O) groups excluding carboxylic acids is 2. The zero-order valence-electron chi connectivity index (χ0n) is 12.4. The van der Waals surface area contributed by atoms with Gasteiger partial charge < -0.3 is 16.0 Å². The smallest absolute Gasteiger partial charge is 0.241 e. The van der Waals surface area contributed by atoms with E-state index in [1.807, 2.05) is 0 Å². The molecule has 1 unspecified atom stereocenters. The number of hydrogen-bond acceptors (Lipinski definition) is 3. The van der Waals surface area contributed by atoms with Gasteiger partial charge in [0, 0.05) is 19.5 Å². The first-order valence-corrected chi connectivity index (χ1v) is 7.11. The van der Waals surface area contributed by atoms with Crippen molar-refractivity contribution in [3.63, 3.8) is 0 Å². The molecule has 1 aliphatic heterocycles. The maximum Gasteiger partial charge on any atom is 0.241 e. The Morgan fingerprint density at radius 1 is 1.42 bits per heavy atom. The zero-order valence-corrected chi connectivity index (χ0v) is 12.4. The SMILES string of the molecule is CC(C)CCC(=O)NCC(=O)N1CCC(C)(CN)C1. The average molecular weight is 269 g/mol. The molecule has 0 bridgehead atoms. The van der Waals surface area contributed by atoms with Crippen molar-refractivity contribution in [3.05, 3.63) is 0 Å². The highest BCUT2D eigenvalue weighted by Crippen LogP contribution is 2.28. The van der Waals surface area contributed by atoms with Crippen molar-refractivity contribution in [3.8, 4) is 0 Å². The number of rotatable bonds is 6. The van der Waals surface area contributed by atoms with E-state index in [9.17, 15) is 9.59 Å². The molecule has 1 atom stereocenters. The molecule has 5 heteroatoms. The number of nitrogens with zero attached hydrogens (tertiary/aromatic N) is 1. The Labute approximate surface area is 115 Å². The lowest BCUT2D eigenvalue weighted by Crippen LogP contribution is -2.40. The second-order valence-electron chi connectivity index (χ2n) is 6.29. The fourth-order valence-corrected chi connectivity index (χ4v) is 2.20. The Morgan fingerprint density at radius 2 is 2.11 bits per heavy atom. The third-order valence-electron chi connectivity index (χ3n) is 3.79. The van der Waals surface area contributed by atoms with Crippen LogP contribution in [0.25, 0.3) is 0 Å². The molecule has 110 valence electrons. The molecule has 1 saturated heterocycles. The minimum Gasteiger partial charge on any atom is -0.347 e. The lowest BCUT2D eigenvalue weighted by molar-refractivity contribution is -0.132. The molecular weight excluding hydrogens is 242 g/mol. The quantitative estimate of drug-likeness (QED) is 0.746. The summed E-state index contributed by atoms with van der Waals surface area (Å²) >= 11 is 0. The molecule has 0 radical (unpaired) electrons. The Hall–Kier alpha value is -1.10. The van der Waals surface area contributed by atoms with Crippen molar-refractivity contribution in [2.75, 3.05) is 26.2 Å². The summed E-state index contributed by atoms with van der Waals surface area (Å²) in [6, 6.07) is 0. The molecule has 3 N–H and O–H groups in total. The van der Waals surface area contributed by atoms with Gasteiger partial charge in [0.1, 0.15) is 0 Å². The van der Waals surface area contributed by atoms with Crippen molar-refractivity contribution in [1.82, 2.24) is 10.2 Å². The molecule has 0 aromatic carbocycles. The van der Waals surface area contributed by atoms with E-state index >= 15 is 0 Å². The molecule has 0 saturated carbocycles. The zero-order chi connectivity index (χ0) is 14.5. The van der Waals surface area contributed by atoms with Crippen LogP contribution in [0.15, 0.2) is 0 Å². The van der Waals surface area contributed by atoms with Crippen LogP contribution in [0, 0.1) is 11.3 Å². The number of hydrogen-bond donors (Lipinski definition) is 2. The summed E-state index contributed by atoms with van der Waals surface area (Å²) < 4.78 is 0. The van der Waals surface area contributed by atoms with E-state index in [0.29, 0.717) is 25.4 Å². The maximum atomic E-state index is 12.0. The first-order valence-electron chi connectivity index (χ1n) is 7.11. The van der Waals surface area contributed by atoms with Crippen LogP contribution in [0.3, 0.4) is 0 Å². The Balaban J connectivity index is 2.27. The summed E-state index contributed by atoms with van der Waals surface area (Å²) in [6.45, 7) is 8.40. The van der Waals surface area contributed by atoms with Gasteiger partial charge in [-0.3, -0.25) is 9.59 Å². The summed E-state index contributed by atoms with van der Waals surface area (Å²) in [5.74, 6) is 0.461. The molecule has 19 heavy (non-hydrogen) atoms. The van der Waals surface area contributed by atoms with Crippen LogP contribution in [-0.2, 0) is 9.59 Å². The highest BCUT2D eigenvalue weighted by Gasteiger charge is 2.34. The number of nitrogens with one attached hydrogen (secondary N) is 1. The van der Waals surface area contributed by atoms with Gasteiger partial charge in [0.05, 0.1) is 6.54 Å². The fourth-order valence-electron chi connectivity index (χ4n) is 2.20. The van der Waals surface area contributed by atoms with Crippen LogP contribution >= 0.6 is 0 Å². The third kappa shape index (κ3) is 5.19. The molecule has 5 nitrogen and oxygen atoms in total. The van der Waals surface area contributed by atoms with E-state index in [1.165, 1.54) is 0 Å². The van der Waals surface area contributed by atoms with Gasteiger partial charge in [0.25, 0.3) is 0 Å². The topological polar surface area (TPSA) is 75.4 Å². The van der Waals surface area contributed by atoms with E-state index in [4.69, 9.17) is 5.73 Å². The summed E-state index contributed by atoms with van der Waals surface area (Å²) in [5, 5.41) is 2.70. The van der Waals surface area contributed by atoms with Crippen molar-refractivity contribution in [2.45, 2.75) is 40.0 Å². The summed E-state index contributed by atoms with van der Waals surface area (Å²) in [5.41, 5.74) is 5.75. The highest BCUT2D eigenvalue weighted by atomic mass is 16.2. The standard InChI is InChI=1S/C14H27N3O2/c1-11(2)4-5-12(18)16-8-13(19)17-7-6-14(3,9-15)10-17/h11H,4-10,15H2,1-3H3,(H,16,18). The third-order valence-corrected chi connectivity index (χ3v) is 3.79. The summed E-state index contributed by atoms with van der Waals surface area (Å²) in [4.78, 5) is 25.3. The van der Waals surface area contributed by atoms with Crippen LogP contribution in [0.1, 0.15) is 40.0 Å². The van der Waals surface area contributed by atoms with E-state index in [2.05, 4.69) is 26.1 Å². The predicted molar refractivity (Wildman–Crippen MR) is 75.4 cm³/mol. The maximum absolute atomic E-state index is 12.0. The Kier molecular flexibility index (Phi) is 5.79. The van der Waals surface area contributed by atoms with Crippen LogP contribution < -0.4 is 11.1 Å². The van der Waals surface area contributed by atoms with Gasteiger partial charge in [-0.2, -0.15) is 0 Å². The van der Waals surface area contributed by atoms with Crippen molar-refractivity contribution < 1.29 is 9.59 Å². The van der Waals surface area contributed by atoms with Crippen LogP contribution in [0.4, 0.5) is 0 Å².